The van der Waals surface area contributed by atoms with Gasteiger partial charge in [-0.1, -0.05) is 12.1 Å². The van der Waals surface area contributed by atoms with E-state index in [0.717, 1.165) is 5.56 Å². The number of nitrogens with one attached hydrogen (secondary N) is 1. The number of rotatable bonds is 8. The summed E-state index contributed by atoms with van der Waals surface area (Å²) in [5, 5.41) is 11.4. The molecule has 0 unspecified atom stereocenters. The molecule has 0 heterocycles. The van der Waals surface area contributed by atoms with Gasteiger partial charge in [-0.15, -0.1) is 0 Å². The molecule has 1 amide bonds. The normalized spacial score (nSPS) is 11.5. The summed E-state index contributed by atoms with van der Waals surface area (Å²) in [5.41, 5.74) is 1.35. The lowest BCUT2D eigenvalue weighted by Gasteiger charge is -2.14. The number of amides is 1. The van der Waals surface area contributed by atoms with Gasteiger partial charge in [0.2, 0.25) is 5.91 Å². The van der Waals surface area contributed by atoms with Crippen LogP contribution in [0.3, 0.4) is 0 Å². The first-order valence-corrected chi connectivity index (χ1v) is 8.48. The number of ether oxygens (including phenoxy) is 3. The summed E-state index contributed by atoms with van der Waals surface area (Å²) in [6.45, 7) is 1.68. The van der Waals surface area contributed by atoms with Crippen LogP contribution in [-0.4, -0.2) is 26.7 Å². The number of nitriles is 1. The predicted octanol–water partition coefficient (Wildman–Crippen LogP) is 3.64. The molecule has 0 aliphatic carbocycles. The van der Waals surface area contributed by atoms with Crippen LogP contribution in [0.1, 0.15) is 24.1 Å². The fourth-order valence-corrected chi connectivity index (χ4v) is 2.49. The van der Waals surface area contributed by atoms with Crippen molar-refractivity contribution in [1.29, 1.82) is 5.26 Å². The van der Waals surface area contributed by atoms with Gasteiger partial charge in [0, 0.05) is 6.08 Å². The Kier molecular flexibility index (Phi) is 7.40. The van der Waals surface area contributed by atoms with E-state index in [1.165, 1.54) is 32.4 Å². The first-order valence-electron chi connectivity index (χ1n) is 8.48. The highest BCUT2D eigenvalue weighted by Gasteiger charge is 2.11. The number of halogens is 1. The maximum atomic E-state index is 13.8. The van der Waals surface area contributed by atoms with Crippen molar-refractivity contribution in [3.63, 3.8) is 0 Å². The van der Waals surface area contributed by atoms with Gasteiger partial charge >= 0.3 is 0 Å². The molecule has 0 bridgehead atoms. The van der Waals surface area contributed by atoms with E-state index in [9.17, 15) is 9.18 Å². The van der Waals surface area contributed by atoms with Gasteiger partial charge in [0.05, 0.1) is 20.3 Å². The van der Waals surface area contributed by atoms with E-state index in [1.54, 1.807) is 37.3 Å². The Morgan fingerprint density at radius 3 is 2.54 bits per heavy atom. The summed E-state index contributed by atoms with van der Waals surface area (Å²) in [7, 11) is 2.88. The molecule has 2 aromatic carbocycles. The molecule has 0 radical (unpaired) electrons. The molecule has 0 saturated heterocycles. The van der Waals surface area contributed by atoms with Crippen molar-refractivity contribution in [1.82, 2.24) is 5.32 Å². The van der Waals surface area contributed by atoms with Crippen LogP contribution < -0.4 is 19.5 Å². The zero-order valence-electron chi connectivity index (χ0n) is 15.9. The first kappa shape index (κ1) is 20.8. The Bertz CT molecular complexity index is 906. The molecule has 28 heavy (non-hydrogen) atoms. The molecule has 2 aromatic rings. The maximum absolute atomic E-state index is 13.8. The average Bonchev–Trinajstić information content (AvgIpc) is 2.70. The molecule has 0 saturated carbocycles. The fourth-order valence-electron chi connectivity index (χ4n) is 2.49. The van der Waals surface area contributed by atoms with Crippen molar-refractivity contribution in [3.8, 4) is 23.3 Å². The summed E-state index contributed by atoms with van der Waals surface area (Å²) in [5.74, 6) is 0.244. The monoisotopic (exact) mass is 384 g/mol. The van der Waals surface area contributed by atoms with Crippen molar-refractivity contribution in [3.05, 3.63) is 59.4 Å². The van der Waals surface area contributed by atoms with Crippen molar-refractivity contribution in [2.75, 3.05) is 20.8 Å². The minimum Gasteiger partial charge on any atom is -0.494 e. The van der Waals surface area contributed by atoms with Crippen LogP contribution in [0.25, 0.3) is 6.08 Å². The van der Waals surface area contributed by atoms with Crippen molar-refractivity contribution in [2.45, 2.75) is 13.0 Å². The third kappa shape index (κ3) is 5.48. The molecular formula is C21H21FN2O4. The molecule has 2 rings (SSSR count). The standard InChI is InChI=1S/C21H21FN2O4/c1-14(16-6-8-18(26-2)17(22)13-16)24-21(25)9-5-15-4-7-19(28-11-10-23)20(12-15)27-3/h4-9,12-14H,11H2,1-3H3,(H,24,25)/b9-5+/t14-/m0/s1. The highest BCUT2D eigenvalue weighted by Crippen LogP contribution is 2.28. The van der Waals surface area contributed by atoms with Gasteiger partial charge < -0.3 is 19.5 Å². The second-order valence-corrected chi connectivity index (χ2v) is 5.81. The Balaban J connectivity index is 2.03. The van der Waals surface area contributed by atoms with Crippen LogP contribution in [0.15, 0.2) is 42.5 Å². The summed E-state index contributed by atoms with van der Waals surface area (Å²) < 4.78 is 29.2. The quantitative estimate of drug-likeness (QED) is 0.703. The van der Waals surface area contributed by atoms with Crippen molar-refractivity contribution < 1.29 is 23.4 Å². The SMILES string of the molecule is COc1ccc([C@H](C)NC(=O)/C=C/c2ccc(OCC#N)c(OC)c2)cc1F. The van der Waals surface area contributed by atoms with Gasteiger partial charge in [-0.2, -0.15) is 5.26 Å². The molecule has 1 N–H and O–H groups in total. The van der Waals surface area contributed by atoms with Crippen LogP contribution >= 0.6 is 0 Å². The van der Waals surface area contributed by atoms with Crippen molar-refractivity contribution in [2.24, 2.45) is 0 Å². The van der Waals surface area contributed by atoms with E-state index in [1.807, 2.05) is 6.07 Å². The summed E-state index contributed by atoms with van der Waals surface area (Å²) in [6, 6.07) is 11.1. The number of hydrogen-bond donors (Lipinski definition) is 1. The van der Waals surface area contributed by atoms with Gasteiger partial charge in [-0.05, 0) is 48.4 Å². The van der Waals surface area contributed by atoms with E-state index >= 15 is 0 Å². The first-order chi connectivity index (χ1) is 13.5. The summed E-state index contributed by atoms with van der Waals surface area (Å²) >= 11 is 0. The Labute approximate surface area is 163 Å². The predicted molar refractivity (Wildman–Crippen MR) is 103 cm³/mol. The number of methoxy groups -OCH3 is 2. The Morgan fingerprint density at radius 2 is 1.89 bits per heavy atom. The van der Waals surface area contributed by atoms with Crippen LogP contribution in [0.4, 0.5) is 4.39 Å². The van der Waals surface area contributed by atoms with Gasteiger partial charge in [-0.25, -0.2) is 4.39 Å². The molecule has 0 aliphatic heterocycles. The van der Waals surface area contributed by atoms with Crippen LogP contribution in [0, 0.1) is 17.1 Å². The number of carbonyl (C=O) groups excluding carboxylic acids is 1. The summed E-state index contributed by atoms with van der Waals surface area (Å²) in [4.78, 5) is 12.2. The number of carbonyl (C=O) groups is 1. The number of nitrogens with zero attached hydrogens (tertiary/aromatic N) is 1. The van der Waals surface area contributed by atoms with E-state index < -0.39 is 5.82 Å². The number of benzene rings is 2. The smallest absolute Gasteiger partial charge is 0.244 e. The van der Waals surface area contributed by atoms with Gasteiger partial charge in [0.1, 0.15) is 6.07 Å². The van der Waals surface area contributed by atoms with Crippen LogP contribution in [0.5, 0.6) is 17.2 Å². The lowest BCUT2D eigenvalue weighted by Crippen LogP contribution is -2.24. The van der Waals surface area contributed by atoms with E-state index in [2.05, 4.69) is 5.32 Å². The second kappa shape index (κ2) is 9.97. The lowest BCUT2D eigenvalue weighted by molar-refractivity contribution is -0.117. The highest BCUT2D eigenvalue weighted by atomic mass is 19.1. The summed E-state index contributed by atoms with van der Waals surface area (Å²) in [6.07, 6.45) is 2.99. The van der Waals surface area contributed by atoms with Crippen LogP contribution in [0.2, 0.25) is 0 Å². The molecule has 0 fully saturated rings. The molecule has 7 heteroatoms. The fraction of sp³-hybridized carbons (Fsp3) is 0.238. The largest absolute Gasteiger partial charge is 0.494 e. The molecule has 146 valence electrons. The third-order valence-corrected chi connectivity index (χ3v) is 3.94. The molecule has 0 aliphatic rings. The average molecular weight is 384 g/mol. The molecule has 6 nitrogen and oxygen atoms in total. The minimum absolute atomic E-state index is 0.0855. The topological polar surface area (TPSA) is 80.6 Å². The Hall–Kier alpha value is -3.53. The molecule has 1 atom stereocenters. The molecule has 0 aromatic heterocycles. The van der Waals surface area contributed by atoms with Gasteiger partial charge in [-0.3, -0.25) is 4.79 Å². The van der Waals surface area contributed by atoms with E-state index in [4.69, 9.17) is 19.5 Å². The second-order valence-electron chi connectivity index (χ2n) is 5.81. The van der Waals surface area contributed by atoms with Gasteiger partial charge in [0.25, 0.3) is 0 Å². The molecule has 0 spiro atoms. The van der Waals surface area contributed by atoms with E-state index in [-0.39, 0.29) is 24.3 Å². The Morgan fingerprint density at radius 1 is 1.18 bits per heavy atom. The maximum Gasteiger partial charge on any atom is 0.244 e. The van der Waals surface area contributed by atoms with Crippen LogP contribution in [-0.2, 0) is 4.79 Å². The zero-order valence-corrected chi connectivity index (χ0v) is 15.9. The molecular weight excluding hydrogens is 363 g/mol. The van der Waals surface area contributed by atoms with E-state index in [0.29, 0.717) is 17.1 Å². The highest BCUT2D eigenvalue weighted by molar-refractivity contribution is 5.92. The minimum atomic E-state index is -0.484. The zero-order chi connectivity index (χ0) is 20.5. The number of hydrogen-bond acceptors (Lipinski definition) is 5. The van der Waals surface area contributed by atoms with Crippen molar-refractivity contribution >= 4 is 12.0 Å². The lowest BCUT2D eigenvalue weighted by atomic mass is 10.1. The van der Waals surface area contributed by atoms with Gasteiger partial charge in [0.15, 0.2) is 29.7 Å². The third-order valence-electron chi connectivity index (χ3n) is 3.94.